The molecule has 3 heterocycles. The third kappa shape index (κ3) is 4.24. The predicted octanol–water partition coefficient (Wildman–Crippen LogP) is 0.0159. The molecule has 1 saturated heterocycles. The van der Waals surface area contributed by atoms with E-state index in [0.29, 0.717) is 19.4 Å². The molecule has 2 atom stereocenters. The molecule has 2 aliphatic heterocycles. The lowest BCUT2D eigenvalue weighted by Crippen LogP contribution is -2.54. The number of hydrogen-bond donors (Lipinski definition) is 3. The minimum Gasteiger partial charge on any atom is -0.481 e. The third-order valence-electron chi connectivity index (χ3n) is 5.66. The van der Waals surface area contributed by atoms with E-state index in [1.807, 2.05) is 0 Å². The van der Waals surface area contributed by atoms with Gasteiger partial charge in [-0.15, -0.1) is 5.10 Å². The predicted molar refractivity (Wildman–Crippen MR) is 109 cm³/mol. The number of hydrogen-bond acceptors (Lipinski definition) is 8. The van der Waals surface area contributed by atoms with Crippen LogP contribution in [0.3, 0.4) is 0 Å². The van der Waals surface area contributed by atoms with Gasteiger partial charge < -0.3 is 10.2 Å². The molecule has 12 heteroatoms. The summed E-state index contributed by atoms with van der Waals surface area (Å²) in [6.07, 6.45) is 1.24. The van der Waals surface area contributed by atoms with Crippen LogP contribution in [0.5, 0.6) is 0 Å². The smallest absolute Gasteiger partial charge is 0.303 e. The molecule has 4 amide bonds. The molecule has 2 aliphatic rings. The molecule has 1 aromatic carbocycles. The monoisotopic (exact) mass is 455 g/mol. The molecule has 0 bridgehead atoms. The van der Waals surface area contributed by atoms with Gasteiger partial charge >= 0.3 is 5.97 Å². The minimum absolute atomic E-state index is 0.00879. The van der Waals surface area contributed by atoms with Gasteiger partial charge in [0.15, 0.2) is 0 Å². The molecule has 33 heavy (non-hydrogen) atoms. The summed E-state index contributed by atoms with van der Waals surface area (Å²) in [4.78, 5) is 61.2. The highest BCUT2D eigenvalue weighted by atomic mass is 16.4. The maximum Gasteiger partial charge on any atom is 0.303 e. The van der Waals surface area contributed by atoms with Crippen LogP contribution in [0.2, 0.25) is 0 Å². The number of aliphatic hydroxyl groups is 1. The van der Waals surface area contributed by atoms with Gasteiger partial charge in [-0.2, -0.15) is 0 Å². The second kappa shape index (κ2) is 8.90. The third-order valence-corrected chi connectivity index (χ3v) is 5.66. The van der Waals surface area contributed by atoms with Crippen LogP contribution in [0, 0.1) is 0 Å². The molecule has 0 saturated carbocycles. The maximum atomic E-state index is 13.2. The number of nitrogens with one attached hydrogen (secondary N) is 1. The SMILES string of the molecule is O=C(O)CCCCn1cc(C(O)c2cccc3c2C(=O)N(C2CCC(=O)NC2=O)C3=O)nn1. The van der Waals surface area contributed by atoms with E-state index in [1.54, 1.807) is 0 Å². The topological polar surface area (TPSA) is 172 Å². The van der Waals surface area contributed by atoms with E-state index in [0.717, 1.165) is 4.90 Å². The van der Waals surface area contributed by atoms with Gasteiger partial charge in [-0.05, 0) is 25.3 Å². The number of amides is 4. The lowest BCUT2D eigenvalue weighted by atomic mass is 9.97. The van der Waals surface area contributed by atoms with Crippen LogP contribution in [0.1, 0.15) is 70.2 Å². The standard InChI is InChI=1S/C21H21N5O7/c27-15-8-7-14(19(31)22-15)26-20(32)12-5-3-4-11(17(12)21(26)33)18(30)13-10-25(24-23-13)9-2-1-6-16(28)29/h3-5,10,14,18,30H,1-2,6-9H2,(H,28,29)(H,22,27,31). The van der Waals surface area contributed by atoms with Crippen molar-refractivity contribution in [2.75, 3.05) is 0 Å². The lowest BCUT2D eigenvalue weighted by molar-refractivity contribution is -0.138. The maximum absolute atomic E-state index is 13.2. The van der Waals surface area contributed by atoms with Crippen molar-refractivity contribution in [3.05, 3.63) is 46.8 Å². The van der Waals surface area contributed by atoms with Crippen molar-refractivity contribution in [3.63, 3.8) is 0 Å². The molecule has 172 valence electrons. The number of fused-ring (bicyclic) bond motifs is 1. The highest BCUT2D eigenvalue weighted by Crippen LogP contribution is 2.34. The first kappa shape index (κ1) is 22.3. The number of piperidine rings is 1. The number of aromatic nitrogens is 3. The molecule has 0 aliphatic carbocycles. The second-order valence-corrected chi connectivity index (χ2v) is 7.88. The van der Waals surface area contributed by atoms with E-state index >= 15 is 0 Å². The van der Waals surface area contributed by atoms with E-state index < -0.39 is 41.7 Å². The summed E-state index contributed by atoms with van der Waals surface area (Å²) < 4.78 is 1.46. The van der Waals surface area contributed by atoms with Crippen LogP contribution >= 0.6 is 0 Å². The molecular weight excluding hydrogens is 434 g/mol. The first-order valence-corrected chi connectivity index (χ1v) is 10.4. The minimum atomic E-state index is -1.36. The Hall–Kier alpha value is -3.93. The van der Waals surface area contributed by atoms with Gasteiger partial charge in [-0.25, -0.2) is 0 Å². The van der Waals surface area contributed by atoms with Crippen LogP contribution in [-0.4, -0.2) is 65.7 Å². The molecule has 2 aromatic rings. The number of nitrogens with zero attached hydrogens (tertiary/aromatic N) is 4. The summed E-state index contributed by atoms with van der Waals surface area (Å²) in [6, 6.07) is 3.35. The van der Waals surface area contributed by atoms with Crippen molar-refractivity contribution < 1.29 is 34.2 Å². The molecule has 1 fully saturated rings. The molecular formula is C21H21N5O7. The van der Waals surface area contributed by atoms with Crippen LogP contribution in [0.25, 0.3) is 0 Å². The fourth-order valence-corrected chi connectivity index (χ4v) is 4.03. The summed E-state index contributed by atoms with van der Waals surface area (Å²) >= 11 is 0. The van der Waals surface area contributed by atoms with Crippen molar-refractivity contribution in [2.24, 2.45) is 0 Å². The number of benzene rings is 1. The number of unbranched alkanes of at least 4 members (excludes halogenated alkanes) is 1. The van der Waals surface area contributed by atoms with Crippen molar-refractivity contribution >= 4 is 29.6 Å². The zero-order chi connectivity index (χ0) is 23.7. The van der Waals surface area contributed by atoms with Crippen molar-refractivity contribution in [1.82, 2.24) is 25.2 Å². The number of carbonyl (C=O) groups excluding carboxylic acids is 4. The van der Waals surface area contributed by atoms with E-state index in [9.17, 15) is 29.1 Å². The van der Waals surface area contributed by atoms with Gasteiger partial charge in [0.1, 0.15) is 17.8 Å². The van der Waals surface area contributed by atoms with Gasteiger partial charge in [-0.1, -0.05) is 17.3 Å². The fraction of sp³-hybridized carbons (Fsp3) is 0.381. The number of aliphatic hydroxyl groups excluding tert-OH is 1. The Balaban J connectivity index is 1.55. The average Bonchev–Trinajstić information content (AvgIpc) is 3.34. The highest BCUT2D eigenvalue weighted by molar-refractivity contribution is 6.24. The Morgan fingerprint density at radius 2 is 1.97 bits per heavy atom. The Bertz CT molecular complexity index is 1160. The van der Waals surface area contributed by atoms with Gasteiger partial charge in [0.2, 0.25) is 11.8 Å². The second-order valence-electron chi connectivity index (χ2n) is 7.88. The molecule has 0 spiro atoms. The highest BCUT2D eigenvalue weighted by Gasteiger charge is 2.46. The van der Waals surface area contributed by atoms with E-state index in [-0.39, 0.29) is 41.6 Å². The number of rotatable bonds is 8. The Kier molecular flexibility index (Phi) is 6.01. The quantitative estimate of drug-likeness (QED) is 0.366. The number of carbonyl (C=O) groups is 5. The molecule has 12 nitrogen and oxygen atoms in total. The zero-order valence-corrected chi connectivity index (χ0v) is 17.4. The first-order chi connectivity index (χ1) is 15.8. The number of carboxylic acid groups (broad SMARTS) is 1. The summed E-state index contributed by atoms with van der Waals surface area (Å²) in [7, 11) is 0. The fourth-order valence-electron chi connectivity index (χ4n) is 4.03. The van der Waals surface area contributed by atoms with Gasteiger partial charge in [0.05, 0.1) is 17.3 Å². The summed E-state index contributed by atoms with van der Waals surface area (Å²) in [6.45, 7) is 0.403. The average molecular weight is 455 g/mol. The van der Waals surface area contributed by atoms with Crippen LogP contribution in [0.4, 0.5) is 0 Å². The lowest BCUT2D eigenvalue weighted by Gasteiger charge is -2.27. The molecule has 3 N–H and O–H groups in total. The molecule has 1 aromatic heterocycles. The number of aryl methyl sites for hydroxylation is 1. The number of imide groups is 2. The van der Waals surface area contributed by atoms with Crippen molar-refractivity contribution in [1.29, 1.82) is 0 Å². The van der Waals surface area contributed by atoms with Gasteiger partial charge in [-0.3, -0.25) is 38.9 Å². The molecule has 0 radical (unpaired) electrons. The van der Waals surface area contributed by atoms with Gasteiger partial charge in [0, 0.05) is 24.9 Å². The first-order valence-electron chi connectivity index (χ1n) is 10.4. The van der Waals surface area contributed by atoms with E-state index in [4.69, 9.17) is 5.11 Å². The molecule has 2 unspecified atom stereocenters. The normalized spacial score (nSPS) is 18.9. The van der Waals surface area contributed by atoms with Crippen LogP contribution < -0.4 is 5.32 Å². The summed E-state index contributed by atoms with van der Waals surface area (Å²) in [5.41, 5.74) is 0.345. The van der Waals surface area contributed by atoms with Gasteiger partial charge in [0.25, 0.3) is 11.8 Å². The summed E-state index contributed by atoms with van der Waals surface area (Å²) in [5.74, 6) is -3.45. The van der Waals surface area contributed by atoms with E-state index in [1.165, 1.54) is 29.1 Å². The number of carboxylic acids is 1. The Morgan fingerprint density at radius 3 is 2.70 bits per heavy atom. The Morgan fingerprint density at radius 1 is 1.18 bits per heavy atom. The molecule has 4 rings (SSSR count). The largest absolute Gasteiger partial charge is 0.481 e. The van der Waals surface area contributed by atoms with Crippen LogP contribution in [-0.2, 0) is 20.9 Å². The van der Waals surface area contributed by atoms with Crippen molar-refractivity contribution in [3.8, 4) is 0 Å². The Labute approximate surface area is 187 Å². The summed E-state index contributed by atoms with van der Waals surface area (Å²) in [5, 5.41) is 29.6. The number of aliphatic carboxylic acids is 1. The van der Waals surface area contributed by atoms with Crippen molar-refractivity contribution in [2.45, 2.75) is 50.8 Å². The van der Waals surface area contributed by atoms with Crippen LogP contribution in [0.15, 0.2) is 24.4 Å². The van der Waals surface area contributed by atoms with E-state index in [2.05, 4.69) is 15.6 Å². The zero-order valence-electron chi connectivity index (χ0n) is 17.4.